The first kappa shape index (κ1) is 13.0. The van der Waals surface area contributed by atoms with Gasteiger partial charge in [-0.1, -0.05) is 11.3 Å². The number of nitrogens with zero attached hydrogens (tertiary/aromatic N) is 4. The van der Waals surface area contributed by atoms with E-state index in [1.54, 1.807) is 11.3 Å². The lowest BCUT2D eigenvalue weighted by molar-refractivity contribution is 0.103. The Morgan fingerprint density at radius 2 is 2.26 bits per heavy atom. The fraction of sp³-hybridized carbons (Fsp3) is 0.750. The second-order valence-corrected chi connectivity index (χ2v) is 6.89. The zero-order chi connectivity index (χ0) is 13.5. The molecule has 0 aromatic carbocycles. The zero-order valence-electron chi connectivity index (χ0n) is 11.5. The first-order valence-electron chi connectivity index (χ1n) is 6.60. The molecule has 1 aliphatic rings. The molecule has 0 bridgehead atoms. The number of rotatable bonds is 3. The lowest BCUT2D eigenvalue weighted by atomic mass is 10.1. The molecule has 1 N–H and O–H groups in total. The van der Waals surface area contributed by atoms with Crippen LogP contribution in [0.25, 0.3) is 4.96 Å². The van der Waals surface area contributed by atoms with Crippen molar-refractivity contribution in [3.63, 3.8) is 0 Å². The first-order valence-corrected chi connectivity index (χ1v) is 7.42. The fourth-order valence-electron chi connectivity index (χ4n) is 2.07. The van der Waals surface area contributed by atoms with E-state index in [2.05, 4.69) is 41.4 Å². The number of hydrogen-bond acceptors (Lipinski definition) is 6. The molecule has 0 radical (unpaired) electrons. The van der Waals surface area contributed by atoms with Gasteiger partial charge >= 0.3 is 0 Å². The molecule has 1 unspecified atom stereocenters. The molecule has 0 spiro atoms. The summed E-state index contributed by atoms with van der Waals surface area (Å²) in [5, 5.41) is 17.4. The van der Waals surface area contributed by atoms with Crippen LogP contribution in [0.4, 0.5) is 0 Å². The Morgan fingerprint density at radius 3 is 2.95 bits per heavy atom. The quantitative estimate of drug-likeness (QED) is 0.931. The van der Waals surface area contributed by atoms with Crippen LogP contribution >= 0.6 is 11.3 Å². The highest BCUT2D eigenvalue weighted by atomic mass is 32.1. The van der Waals surface area contributed by atoms with E-state index in [1.807, 2.05) is 4.52 Å². The Kier molecular flexibility index (Phi) is 3.28. The number of hydrogen-bond donors (Lipinski definition) is 1. The average molecular weight is 281 g/mol. The molecule has 3 rings (SSSR count). The summed E-state index contributed by atoms with van der Waals surface area (Å²) in [5.74, 6) is 0.839. The van der Waals surface area contributed by atoms with Gasteiger partial charge in [-0.25, -0.2) is 0 Å². The largest absolute Gasteiger partial charge is 0.370 e. The molecule has 1 saturated heterocycles. The van der Waals surface area contributed by atoms with Crippen LogP contribution in [0.1, 0.15) is 50.5 Å². The average Bonchev–Trinajstić information content (AvgIpc) is 3.00. The minimum Gasteiger partial charge on any atom is -0.370 e. The van der Waals surface area contributed by atoms with Crippen LogP contribution in [0, 0.1) is 0 Å². The van der Waals surface area contributed by atoms with E-state index in [1.165, 1.54) is 0 Å². The van der Waals surface area contributed by atoms with Crippen LogP contribution in [0.5, 0.6) is 0 Å². The highest BCUT2D eigenvalue weighted by Gasteiger charge is 2.25. The third-order valence-electron chi connectivity index (χ3n) is 3.04. The van der Waals surface area contributed by atoms with E-state index < -0.39 is 0 Å². The third-order valence-corrected chi connectivity index (χ3v) is 3.94. The van der Waals surface area contributed by atoms with Crippen LogP contribution in [0.2, 0.25) is 0 Å². The molecule has 2 aromatic heterocycles. The van der Waals surface area contributed by atoms with Gasteiger partial charge in [-0.05, 0) is 33.6 Å². The highest BCUT2D eigenvalue weighted by molar-refractivity contribution is 7.16. The van der Waals surface area contributed by atoms with Crippen molar-refractivity contribution in [1.29, 1.82) is 0 Å². The summed E-state index contributed by atoms with van der Waals surface area (Å²) in [4.78, 5) is 0.844. The van der Waals surface area contributed by atoms with Crippen molar-refractivity contribution in [2.24, 2.45) is 0 Å². The van der Waals surface area contributed by atoms with Crippen LogP contribution in [-0.2, 0) is 11.3 Å². The molecule has 2 aromatic rings. The predicted octanol–water partition coefficient (Wildman–Crippen LogP) is 1.93. The van der Waals surface area contributed by atoms with E-state index in [0.29, 0.717) is 0 Å². The molecule has 6 nitrogen and oxygen atoms in total. The van der Waals surface area contributed by atoms with E-state index in [-0.39, 0.29) is 11.6 Å². The van der Waals surface area contributed by atoms with Gasteiger partial charge in [-0.3, -0.25) is 0 Å². The topological polar surface area (TPSA) is 64.3 Å². The van der Waals surface area contributed by atoms with Gasteiger partial charge in [0.05, 0.1) is 6.54 Å². The van der Waals surface area contributed by atoms with Crippen molar-refractivity contribution >= 4 is 16.3 Å². The van der Waals surface area contributed by atoms with Gasteiger partial charge in [0.25, 0.3) is 0 Å². The normalized spacial score (nSPS) is 20.5. The molecule has 1 aliphatic heterocycles. The number of fused-ring (bicyclic) bond motifs is 1. The summed E-state index contributed by atoms with van der Waals surface area (Å²) in [7, 11) is 0. The second-order valence-electron chi connectivity index (χ2n) is 5.85. The van der Waals surface area contributed by atoms with Crippen molar-refractivity contribution in [3.05, 3.63) is 10.8 Å². The minimum absolute atomic E-state index is 0.0560. The highest BCUT2D eigenvalue weighted by Crippen LogP contribution is 2.28. The maximum Gasteiger partial charge on any atom is 0.234 e. The first-order chi connectivity index (χ1) is 9.03. The van der Waals surface area contributed by atoms with E-state index in [9.17, 15) is 0 Å². The van der Waals surface area contributed by atoms with Gasteiger partial charge in [0.1, 0.15) is 11.1 Å². The SMILES string of the molecule is CC(C)(C)NCc1nn2c(C3CCCO3)nnc2s1. The maximum atomic E-state index is 5.65. The summed E-state index contributed by atoms with van der Waals surface area (Å²) in [5.41, 5.74) is 0.0867. The Balaban J connectivity index is 1.81. The van der Waals surface area contributed by atoms with Crippen molar-refractivity contribution in [1.82, 2.24) is 25.1 Å². The molecule has 0 saturated carbocycles. The summed E-state index contributed by atoms with van der Waals surface area (Å²) in [6, 6.07) is 0. The summed E-state index contributed by atoms with van der Waals surface area (Å²) in [6.07, 6.45) is 2.15. The molecular formula is C12H19N5OS. The second kappa shape index (κ2) is 4.81. The Hall–Kier alpha value is -1.05. The van der Waals surface area contributed by atoms with Gasteiger partial charge in [0, 0.05) is 12.1 Å². The minimum atomic E-state index is 0.0560. The van der Waals surface area contributed by atoms with Crippen molar-refractivity contribution < 1.29 is 4.74 Å². The molecule has 19 heavy (non-hydrogen) atoms. The van der Waals surface area contributed by atoms with E-state index >= 15 is 0 Å². The smallest absolute Gasteiger partial charge is 0.234 e. The van der Waals surface area contributed by atoms with Gasteiger partial charge in [-0.2, -0.15) is 9.61 Å². The van der Waals surface area contributed by atoms with Crippen LogP contribution < -0.4 is 5.32 Å². The van der Waals surface area contributed by atoms with Gasteiger partial charge in [-0.15, -0.1) is 10.2 Å². The molecule has 0 aliphatic carbocycles. The molecule has 1 fully saturated rings. The lowest BCUT2D eigenvalue weighted by Crippen LogP contribution is -2.35. The number of nitrogens with one attached hydrogen (secondary N) is 1. The molecule has 0 amide bonds. The number of ether oxygens (including phenoxy) is 1. The maximum absolute atomic E-state index is 5.65. The van der Waals surface area contributed by atoms with Gasteiger partial charge < -0.3 is 10.1 Å². The van der Waals surface area contributed by atoms with Crippen LogP contribution in [0.3, 0.4) is 0 Å². The summed E-state index contributed by atoms with van der Waals surface area (Å²) < 4.78 is 7.49. The van der Waals surface area contributed by atoms with E-state index in [4.69, 9.17) is 4.74 Å². The van der Waals surface area contributed by atoms with Gasteiger partial charge in [0.15, 0.2) is 5.82 Å². The third kappa shape index (κ3) is 2.77. The fourth-order valence-corrected chi connectivity index (χ4v) is 2.85. The Bertz CT molecular complexity index is 564. The van der Waals surface area contributed by atoms with Crippen molar-refractivity contribution in [2.45, 2.75) is 51.8 Å². The van der Waals surface area contributed by atoms with Crippen LogP contribution in [0.15, 0.2) is 0 Å². The molecular weight excluding hydrogens is 262 g/mol. The summed E-state index contributed by atoms with van der Waals surface area (Å²) in [6.45, 7) is 7.99. The molecule has 7 heteroatoms. The molecule has 3 heterocycles. The van der Waals surface area contributed by atoms with Crippen LogP contribution in [-0.4, -0.2) is 32.0 Å². The van der Waals surface area contributed by atoms with Gasteiger partial charge in [0.2, 0.25) is 4.96 Å². The lowest BCUT2D eigenvalue weighted by Gasteiger charge is -2.19. The Morgan fingerprint density at radius 1 is 1.42 bits per heavy atom. The number of aromatic nitrogens is 4. The zero-order valence-corrected chi connectivity index (χ0v) is 12.3. The molecule has 1 atom stereocenters. The standard InChI is InChI=1S/C12H19N5OS/c1-12(2,3)13-7-9-16-17-10(8-5-4-6-18-8)14-15-11(17)19-9/h8,13H,4-7H2,1-3H3. The van der Waals surface area contributed by atoms with Crippen molar-refractivity contribution in [2.75, 3.05) is 6.61 Å². The Labute approximate surface area is 116 Å². The predicted molar refractivity (Wildman–Crippen MR) is 73.2 cm³/mol. The molecule has 104 valence electrons. The van der Waals surface area contributed by atoms with Crippen molar-refractivity contribution in [3.8, 4) is 0 Å². The monoisotopic (exact) mass is 281 g/mol. The summed E-state index contributed by atoms with van der Waals surface area (Å²) >= 11 is 1.58. The van der Waals surface area contributed by atoms with E-state index in [0.717, 1.165) is 41.8 Å².